The van der Waals surface area contributed by atoms with Gasteiger partial charge >= 0.3 is 0 Å². The third kappa shape index (κ3) is 1.75. The fourth-order valence-electron chi connectivity index (χ4n) is 1.56. The predicted molar refractivity (Wildman–Crippen MR) is 61.2 cm³/mol. The second kappa shape index (κ2) is 3.81. The van der Waals surface area contributed by atoms with Gasteiger partial charge in [0.05, 0.1) is 5.52 Å². The molecular formula is C13H12FN. The number of nitrogens with zero attached hydrogens (tertiary/aromatic N) is 1. The molecule has 0 spiro atoms. The molecule has 0 unspecified atom stereocenters. The third-order valence-electron chi connectivity index (χ3n) is 2.48. The highest BCUT2D eigenvalue weighted by molar-refractivity contribution is 5.81. The third-order valence-corrected chi connectivity index (χ3v) is 2.48. The van der Waals surface area contributed by atoms with Crippen LogP contribution in [0.25, 0.3) is 17.0 Å². The number of hydrogen-bond acceptors (Lipinski definition) is 1. The summed E-state index contributed by atoms with van der Waals surface area (Å²) in [7, 11) is 0. The average Bonchev–Trinajstić information content (AvgIpc) is 2.27. The van der Waals surface area contributed by atoms with E-state index in [0.717, 1.165) is 22.9 Å². The van der Waals surface area contributed by atoms with Crippen LogP contribution in [0.15, 0.2) is 31.0 Å². The molecule has 2 aromatic rings. The molecule has 76 valence electrons. The maximum absolute atomic E-state index is 13.5. The predicted octanol–water partition coefficient (Wildman–Crippen LogP) is 3.58. The van der Waals surface area contributed by atoms with Crippen LogP contribution in [-0.4, -0.2) is 4.98 Å². The zero-order valence-electron chi connectivity index (χ0n) is 8.63. The van der Waals surface area contributed by atoms with Gasteiger partial charge in [-0.3, -0.25) is 4.98 Å². The smallest absolute Gasteiger partial charge is 0.131 e. The first-order valence-electron chi connectivity index (χ1n) is 4.95. The van der Waals surface area contributed by atoms with Gasteiger partial charge in [0.25, 0.3) is 0 Å². The first kappa shape index (κ1) is 9.84. The van der Waals surface area contributed by atoms with Crippen molar-refractivity contribution in [1.29, 1.82) is 0 Å². The van der Waals surface area contributed by atoms with Crippen LogP contribution in [0.5, 0.6) is 0 Å². The van der Waals surface area contributed by atoms with E-state index in [1.165, 1.54) is 12.1 Å². The van der Waals surface area contributed by atoms with E-state index in [9.17, 15) is 4.39 Å². The molecule has 0 amide bonds. The molecule has 0 aliphatic heterocycles. The molecule has 0 aliphatic rings. The van der Waals surface area contributed by atoms with E-state index in [1.807, 2.05) is 12.3 Å². The van der Waals surface area contributed by atoms with E-state index in [0.29, 0.717) is 5.56 Å². The van der Waals surface area contributed by atoms with Crippen molar-refractivity contribution in [2.45, 2.75) is 13.3 Å². The van der Waals surface area contributed by atoms with E-state index < -0.39 is 0 Å². The second-order valence-corrected chi connectivity index (χ2v) is 3.47. The minimum absolute atomic E-state index is 0.243. The lowest BCUT2D eigenvalue weighted by Crippen LogP contribution is -1.88. The fourth-order valence-corrected chi connectivity index (χ4v) is 1.56. The molecule has 0 radical (unpaired) electrons. The Morgan fingerprint density at radius 2 is 2.20 bits per heavy atom. The monoisotopic (exact) mass is 201 g/mol. The number of rotatable bonds is 2. The standard InChI is InChI=1S/C13H12FN/c1-3-9-5-11-6-12(14)10(4-2)7-13(11)15-8-9/h4-8H,2-3H2,1H3. The van der Waals surface area contributed by atoms with Crippen LogP contribution < -0.4 is 0 Å². The van der Waals surface area contributed by atoms with Crippen molar-refractivity contribution in [2.75, 3.05) is 0 Å². The summed E-state index contributed by atoms with van der Waals surface area (Å²) in [5, 5.41) is 0.845. The van der Waals surface area contributed by atoms with Crippen molar-refractivity contribution in [3.63, 3.8) is 0 Å². The lowest BCUT2D eigenvalue weighted by atomic mass is 10.1. The second-order valence-electron chi connectivity index (χ2n) is 3.47. The normalized spacial score (nSPS) is 10.5. The summed E-state index contributed by atoms with van der Waals surface area (Å²) in [4.78, 5) is 4.29. The van der Waals surface area contributed by atoms with Crippen LogP contribution in [0.1, 0.15) is 18.1 Å². The SMILES string of the molecule is C=Cc1cc2ncc(CC)cc2cc1F. The van der Waals surface area contributed by atoms with Gasteiger partial charge in [-0.05, 0) is 30.2 Å². The Kier molecular flexibility index (Phi) is 2.50. The molecule has 1 aromatic carbocycles. The Labute approximate surface area is 88.3 Å². The van der Waals surface area contributed by atoms with E-state index in [-0.39, 0.29) is 5.82 Å². The van der Waals surface area contributed by atoms with Crippen molar-refractivity contribution < 1.29 is 4.39 Å². The minimum Gasteiger partial charge on any atom is -0.256 e. The van der Waals surface area contributed by atoms with Gasteiger partial charge < -0.3 is 0 Å². The van der Waals surface area contributed by atoms with Gasteiger partial charge in [-0.1, -0.05) is 19.6 Å². The molecule has 2 rings (SSSR count). The molecule has 0 N–H and O–H groups in total. The van der Waals surface area contributed by atoms with Crippen molar-refractivity contribution in [2.24, 2.45) is 0 Å². The Hall–Kier alpha value is -1.70. The number of aryl methyl sites for hydroxylation is 1. The molecule has 1 aromatic heterocycles. The molecule has 0 fully saturated rings. The van der Waals surface area contributed by atoms with Gasteiger partial charge in [0.15, 0.2) is 0 Å². The summed E-state index contributed by atoms with van der Waals surface area (Å²) in [6.45, 7) is 5.62. The largest absolute Gasteiger partial charge is 0.256 e. The van der Waals surface area contributed by atoms with E-state index in [2.05, 4.69) is 18.5 Å². The Morgan fingerprint density at radius 1 is 1.40 bits per heavy atom. The maximum atomic E-state index is 13.5. The van der Waals surface area contributed by atoms with E-state index in [4.69, 9.17) is 0 Å². The molecule has 0 saturated carbocycles. The number of pyridine rings is 1. The van der Waals surface area contributed by atoms with Crippen LogP contribution in [0.4, 0.5) is 4.39 Å². The Balaban J connectivity index is 2.70. The van der Waals surface area contributed by atoms with Gasteiger partial charge in [-0.15, -0.1) is 0 Å². The molecule has 0 bridgehead atoms. The van der Waals surface area contributed by atoms with Crippen LogP contribution >= 0.6 is 0 Å². The lowest BCUT2D eigenvalue weighted by molar-refractivity contribution is 0.627. The summed E-state index contributed by atoms with van der Waals surface area (Å²) in [6.07, 6.45) is 4.24. The van der Waals surface area contributed by atoms with Gasteiger partial charge in [0.1, 0.15) is 5.82 Å². The van der Waals surface area contributed by atoms with Crippen LogP contribution in [0.2, 0.25) is 0 Å². The summed E-state index contributed by atoms with van der Waals surface area (Å²) < 4.78 is 13.5. The fraction of sp³-hybridized carbons (Fsp3) is 0.154. The number of benzene rings is 1. The lowest BCUT2D eigenvalue weighted by Gasteiger charge is -2.03. The quantitative estimate of drug-likeness (QED) is 0.723. The highest BCUT2D eigenvalue weighted by Gasteiger charge is 2.03. The summed E-state index contributed by atoms with van der Waals surface area (Å²) in [6, 6.07) is 5.20. The van der Waals surface area contributed by atoms with Crippen LogP contribution in [0.3, 0.4) is 0 Å². The zero-order chi connectivity index (χ0) is 10.8. The molecule has 0 saturated heterocycles. The van der Waals surface area contributed by atoms with Gasteiger partial charge in [-0.25, -0.2) is 4.39 Å². The van der Waals surface area contributed by atoms with Crippen molar-refractivity contribution in [3.8, 4) is 0 Å². The van der Waals surface area contributed by atoms with Crippen LogP contribution in [0, 0.1) is 5.82 Å². The number of hydrogen-bond donors (Lipinski definition) is 0. The Bertz CT molecular complexity index is 517. The number of halogens is 1. The summed E-state index contributed by atoms with van der Waals surface area (Å²) >= 11 is 0. The molecule has 1 nitrogen and oxygen atoms in total. The molecule has 0 atom stereocenters. The first-order chi connectivity index (χ1) is 7.24. The number of aromatic nitrogens is 1. The maximum Gasteiger partial charge on any atom is 0.131 e. The number of fused-ring (bicyclic) bond motifs is 1. The molecular weight excluding hydrogens is 189 g/mol. The van der Waals surface area contributed by atoms with Crippen LogP contribution in [-0.2, 0) is 6.42 Å². The molecule has 15 heavy (non-hydrogen) atoms. The topological polar surface area (TPSA) is 12.9 Å². The summed E-state index contributed by atoms with van der Waals surface area (Å²) in [5.74, 6) is -0.243. The molecule has 1 heterocycles. The van der Waals surface area contributed by atoms with Gasteiger partial charge in [0.2, 0.25) is 0 Å². The van der Waals surface area contributed by atoms with E-state index >= 15 is 0 Å². The van der Waals surface area contributed by atoms with Crippen molar-refractivity contribution in [1.82, 2.24) is 4.98 Å². The minimum atomic E-state index is -0.243. The average molecular weight is 201 g/mol. The summed E-state index contributed by atoms with van der Waals surface area (Å²) in [5.41, 5.74) is 2.43. The van der Waals surface area contributed by atoms with Gasteiger partial charge in [0, 0.05) is 17.1 Å². The Morgan fingerprint density at radius 3 is 2.87 bits per heavy atom. The van der Waals surface area contributed by atoms with Gasteiger partial charge in [-0.2, -0.15) is 0 Å². The van der Waals surface area contributed by atoms with E-state index in [1.54, 1.807) is 6.07 Å². The van der Waals surface area contributed by atoms with Crippen molar-refractivity contribution in [3.05, 3.63) is 47.9 Å². The molecule has 0 aliphatic carbocycles. The highest BCUT2D eigenvalue weighted by atomic mass is 19.1. The highest BCUT2D eigenvalue weighted by Crippen LogP contribution is 2.19. The zero-order valence-corrected chi connectivity index (χ0v) is 8.63. The molecule has 2 heteroatoms. The van der Waals surface area contributed by atoms with Crippen molar-refractivity contribution >= 4 is 17.0 Å². The first-order valence-corrected chi connectivity index (χ1v) is 4.95.